The highest BCUT2D eigenvalue weighted by atomic mass is 16.5. The molecule has 0 heterocycles. The third kappa shape index (κ3) is 2.07. The van der Waals surface area contributed by atoms with Gasteiger partial charge in [-0.25, -0.2) is 0 Å². The molecule has 0 bridgehead atoms. The van der Waals surface area contributed by atoms with Crippen LogP contribution in [0, 0.1) is 0 Å². The van der Waals surface area contributed by atoms with Crippen LogP contribution < -0.4 is 10.5 Å². The standard InChI is InChI=1S/C14H21NO/c1-3-4-14(15)12-8-6-10-5-7-11(16-2)9-13(10)12/h5,7,9,12,14H,3-4,6,8,15H2,1-2H3. The zero-order chi connectivity index (χ0) is 11.5. The van der Waals surface area contributed by atoms with Crippen LogP contribution in [0.1, 0.15) is 43.2 Å². The predicted molar refractivity (Wildman–Crippen MR) is 66.9 cm³/mol. The molecule has 0 aliphatic heterocycles. The number of nitrogens with two attached hydrogens (primary N) is 1. The fourth-order valence-corrected chi connectivity index (χ4v) is 2.72. The van der Waals surface area contributed by atoms with Gasteiger partial charge < -0.3 is 10.5 Å². The van der Waals surface area contributed by atoms with Gasteiger partial charge in [0.1, 0.15) is 5.75 Å². The molecule has 0 radical (unpaired) electrons. The van der Waals surface area contributed by atoms with E-state index in [-0.39, 0.29) is 0 Å². The Morgan fingerprint density at radius 3 is 3.00 bits per heavy atom. The number of fused-ring (bicyclic) bond motifs is 1. The van der Waals surface area contributed by atoms with Crippen LogP contribution >= 0.6 is 0 Å². The van der Waals surface area contributed by atoms with Gasteiger partial charge in [0.2, 0.25) is 0 Å². The maximum atomic E-state index is 6.26. The summed E-state index contributed by atoms with van der Waals surface area (Å²) < 4.78 is 5.29. The first-order chi connectivity index (χ1) is 7.76. The smallest absolute Gasteiger partial charge is 0.119 e. The Balaban J connectivity index is 2.23. The summed E-state index contributed by atoms with van der Waals surface area (Å²) in [4.78, 5) is 0. The molecule has 0 saturated carbocycles. The summed E-state index contributed by atoms with van der Waals surface area (Å²) in [5, 5.41) is 0. The highest BCUT2D eigenvalue weighted by Crippen LogP contribution is 2.37. The lowest BCUT2D eigenvalue weighted by Gasteiger charge is -2.20. The van der Waals surface area contributed by atoms with Crippen molar-refractivity contribution >= 4 is 0 Å². The molecule has 88 valence electrons. The lowest BCUT2D eigenvalue weighted by atomic mass is 9.91. The summed E-state index contributed by atoms with van der Waals surface area (Å²) in [6.07, 6.45) is 4.64. The van der Waals surface area contributed by atoms with E-state index in [2.05, 4.69) is 19.1 Å². The summed E-state index contributed by atoms with van der Waals surface area (Å²) in [6, 6.07) is 6.71. The van der Waals surface area contributed by atoms with E-state index < -0.39 is 0 Å². The Hall–Kier alpha value is -1.02. The van der Waals surface area contributed by atoms with Gasteiger partial charge in [0, 0.05) is 6.04 Å². The minimum Gasteiger partial charge on any atom is -0.497 e. The van der Waals surface area contributed by atoms with E-state index in [9.17, 15) is 0 Å². The molecule has 2 unspecified atom stereocenters. The number of aryl methyl sites for hydroxylation is 1. The summed E-state index contributed by atoms with van der Waals surface area (Å²) >= 11 is 0. The Morgan fingerprint density at radius 1 is 1.50 bits per heavy atom. The lowest BCUT2D eigenvalue weighted by molar-refractivity contribution is 0.413. The van der Waals surface area contributed by atoms with Gasteiger partial charge in [0.05, 0.1) is 7.11 Å². The minimum absolute atomic E-state index is 0.304. The first-order valence-corrected chi connectivity index (χ1v) is 6.18. The van der Waals surface area contributed by atoms with Gasteiger partial charge in [0.25, 0.3) is 0 Å². The van der Waals surface area contributed by atoms with Crippen LogP contribution in [0.15, 0.2) is 18.2 Å². The van der Waals surface area contributed by atoms with Crippen LogP contribution in [0.3, 0.4) is 0 Å². The molecule has 1 aromatic rings. The summed E-state index contributed by atoms with van der Waals surface area (Å²) in [7, 11) is 1.72. The zero-order valence-corrected chi connectivity index (χ0v) is 10.2. The summed E-state index contributed by atoms with van der Waals surface area (Å²) in [6.45, 7) is 2.20. The summed E-state index contributed by atoms with van der Waals surface area (Å²) in [5.74, 6) is 1.49. The molecule has 2 nitrogen and oxygen atoms in total. The molecule has 2 rings (SSSR count). The fraction of sp³-hybridized carbons (Fsp3) is 0.571. The van der Waals surface area contributed by atoms with Crippen LogP contribution in [-0.2, 0) is 6.42 Å². The predicted octanol–water partition coefficient (Wildman–Crippen LogP) is 2.85. The maximum absolute atomic E-state index is 6.26. The molecule has 2 N–H and O–H groups in total. The van der Waals surface area contributed by atoms with Crippen LogP contribution in [0.2, 0.25) is 0 Å². The number of benzene rings is 1. The van der Waals surface area contributed by atoms with Crippen molar-refractivity contribution in [2.75, 3.05) is 7.11 Å². The molecule has 0 aromatic heterocycles. The van der Waals surface area contributed by atoms with Crippen LogP contribution in [0.25, 0.3) is 0 Å². The van der Waals surface area contributed by atoms with Crippen molar-refractivity contribution in [1.29, 1.82) is 0 Å². The molecule has 0 fully saturated rings. The van der Waals surface area contributed by atoms with E-state index in [0.717, 1.165) is 18.6 Å². The van der Waals surface area contributed by atoms with Crippen molar-refractivity contribution in [3.63, 3.8) is 0 Å². The Kier molecular flexibility index (Phi) is 3.49. The quantitative estimate of drug-likeness (QED) is 0.845. The monoisotopic (exact) mass is 219 g/mol. The first-order valence-electron chi connectivity index (χ1n) is 6.18. The second-order valence-electron chi connectivity index (χ2n) is 4.66. The van der Waals surface area contributed by atoms with E-state index in [1.165, 1.54) is 24.0 Å². The van der Waals surface area contributed by atoms with Crippen LogP contribution in [-0.4, -0.2) is 13.2 Å². The average Bonchev–Trinajstić information content (AvgIpc) is 2.71. The molecule has 0 spiro atoms. The molecule has 2 atom stereocenters. The van der Waals surface area contributed by atoms with Crippen LogP contribution in [0.5, 0.6) is 5.75 Å². The first kappa shape index (κ1) is 11.5. The molecule has 16 heavy (non-hydrogen) atoms. The van der Waals surface area contributed by atoms with E-state index in [1.807, 2.05) is 6.07 Å². The number of hydrogen-bond acceptors (Lipinski definition) is 2. The van der Waals surface area contributed by atoms with Crippen LogP contribution in [0.4, 0.5) is 0 Å². The molecule has 0 amide bonds. The van der Waals surface area contributed by atoms with Gasteiger partial charge in [-0.1, -0.05) is 19.4 Å². The molecular weight excluding hydrogens is 198 g/mol. The van der Waals surface area contributed by atoms with Crippen molar-refractivity contribution in [3.8, 4) is 5.75 Å². The maximum Gasteiger partial charge on any atom is 0.119 e. The van der Waals surface area contributed by atoms with Gasteiger partial charge in [0.15, 0.2) is 0 Å². The Morgan fingerprint density at radius 2 is 2.31 bits per heavy atom. The lowest BCUT2D eigenvalue weighted by Crippen LogP contribution is -2.26. The van der Waals surface area contributed by atoms with E-state index in [0.29, 0.717) is 12.0 Å². The van der Waals surface area contributed by atoms with E-state index >= 15 is 0 Å². The third-order valence-corrected chi connectivity index (χ3v) is 3.62. The molecule has 1 aliphatic rings. The number of rotatable bonds is 4. The molecule has 0 saturated heterocycles. The largest absolute Gasteiger partial charge is 0.497 e. The van der Waals surface area contributed by atoms with Crippen molar-refractivity contribution in [3.05, 3.63) is 29.3 Å². The molecule has 1 aromatic carbocycles. The van der Waals surface area contributed by atoms with Crippen molar-refractivity contribution < 1.29 is 4.74 Å². The summed E-state index contributed by atoms with van der Waals surface area (Å²) in [5.41, 5.74) is 9.13. The normalized spacial score (nSPS) is 20.6. The number of methoxy groups -OCH3 is 1. The molecule has 1 aliphatic carbocycles. The fourth-order valence-electron chi connectivity index (χ4n) is 2.72. The topological polar surface area (TPSA) is 35.2 Å². The van der Waals surface area contributed by atoms with Gasteiger partial charge in [-0.3, -0.25) is 0 Å². The van der Waals surface area contributed by atoms with E-state index in [4.69, 9.17) is 10.5 Å². The highest BCUT2D eigenvalue weighted by Gasteiger charge is 2.27. The van der Waals surface area contributed by atoms with Gasteiger partial charge in [-0.05, 0) is 48.4 Å². The SMILES string of the molecule is CCCC(N)C1CCc2ccc(OC)cc21. The highest BCUT2D eigenvalue weighted by molar-refractivity contribution is 5.41. The zero-order valence-electron chi connectivity index (χ0n) is 10.2. The third-order valence-electron chi connectivity index (χ3n) is 3.62. The van der Waals surface area contributed by atoms with Crippen molar-refractivity contribution in [1.82, 2.24) is 0 Å². The minimum atomic E-state index is 0.304. The average molecular weight is 219 g/mol. The van der Waals surface area contributed by atoms with Crippen molar-refractivity contribution in [2.45, 2.75) is 44.6 Å². The van der Waals surface area contributed by atoms with E-state index in [1.54, 1.807) is 7.11 Å². The number of hydrogen-bond donors (Lipinski definition) is 1. The van der Waals surface area contributed by atoms with Gasteiger partial charge >= 0.3 is 0 Å². The van der Waals surface area contributed by atoms with Crippen molar-refractivity contribution in [2.24, 2.45) is 5.73 Å². The Bertz CT molecular complexity index is 362. The van der Waals surface area contributed by atoms with Gasteiger partial charge in [-0.15, -0.1) is 0 Å². The number of ether oxygens (including phenoxy) is 1. The van der Waals surface area contributed by atoms with Gasteiger partial charge in [-0.2, -0.15) is 0 Å². The second kappa shape index (κ2) is 4.88. The molecule has 2 heteroatoms. The molecular formula is C14H21NO. The second-order valence-corrected chi connectivity index (χ2v) is 4.66. The Labute approximate surface area is 97.8 Å².